The first-order valence-electron chi connectivity index (χ1n) is 11.8. The second-order valence-corrected chi connectivity index (χ2v) is 9.31. The van der Waals surface area contributed by atoms with Crippen LogP contribution in [0, 0.1) is 0 Å². The molecule has 0 atom stereocenters. The molecular formula is C25H31Cl2N3O5. The van der Waals surface area contributed by atoms with Gasteiger partial charge in [0.25, 0.3) is 5.91 Å². The molecule has 0 spiro atoms. The van der Waals surface area contributed by atoms with Crippen LogP contribution in [0.25, 0.3) is 0 Å². The Hall–Kier alpha value is -2.55. The largest absolute Gasteiger partial charge is 0.493 e. The highest BCUT2D eigenvalue weighted by atomic mass is 35.5. The molecule has 3 rings (SSSR count). The van der Waals surface area contributed by atoms with Gasteiger partial charge in [0.05, 0.1) is 28.8 Å². The monoisotopic (exact) mass is 523 g/mol. The number of carbonyl (C=O) groups excluding carboxylic acids is 2. The number of pyridine rings is 1. The Kier molecular flexibility index (Phi) is 10.4. The maximum Gasteiger partial charge on any atom is 0.261 e. The number of anilines is 1. The number of halogens is 2. The Labute approximate surface area is 215 Å². The van der Waals surface area contributed by atoms with Crippen LogP contribution in [-0.2, 0) is 4.79 Å². The molecule has 1 aliphatic carbocycles. The van der Waals surface area contributed by atoms with E-state index >= 15 is 0 Å². The lowest BCUT2D eigenvalue weighted by Crippen LogP contribution is -2.32. The molecule has 0 unspecified atom stereocenters. The standard InChI is InChI=1S/C25H31Cl2N3O5/c1-34-21-12-11-17(14-22(21)35-18-8-5-6-9-18)30(13-7-3-2-4-10-23(31)29-33)25(32)24-19(26)15-28-16-20(24)27/h11-12,14-16,18,33H,2-10,13H2,1H3,(H,29,31). The minimum Gasteiger partial charge on any atom is -0.493 e. The molecule has 1 aromatic carbocycles. The van der Waals surface area contributed by atoms with E-state index in [1.54, 1.807) is 23.6 Å². The number of rotatable bonds is 12. The maximum absolute atomic E-state index is 13.6. The molecule has 2 aromatic rings. The van der Waals surface area contributed by atoms with Crippen molar-refractivity contribution in [2.75, 3.05) is 18.6 Å². The summed E-state index contributed by atoms with van der Waals surface area (Å²) < 4.78 is 11.7. The molecule has 0 aliphatic heterocycles. The number of aromatic nitrogens is 1. The number of nitrogens with one attached hydrogen (secondary N) is 1. The lowest BCUT2D eigenvalue weighted by atomic mass is 10.1. The normalized spacial score (nSPS) is 13.5. The number of benzene rings is 1. The zero-order valence-electron chi connectivity index (χ0n) is 19.8. The minimum atomic E-state index is -0.406. The Morgan fingerprint density at radius 3 is 2.43 bits per heavy atom. The number of unbranched alkanes of at least 4 members (excludes halogenated alkanes) is 3. The third-order valence-electron chi connectivity index (χ3n) is 6.03. The fourth-order valence-corrected chi connectivity index (χ4v) is 4.70. The van der Waals surface area contributed by atoms with Gasteiger partial charge in [-0.15, -0.1) is 0 Å². The van der Waals surface area contributed by atoms with Crippen molar-refractivity contribution in [2.24, 2.45) is 0 Å². The van der Waals surface area contributed by atoms with Crippen molar-refractivity contribution >= 4 is 40.7 Å². The van der Waals surface area contributed by atoms with Crippen molar-refractivity contribution in [2.45, 2.75) is 63.9 Å². The van der Waals surface area contributed by atoms with Crippen molar-refractivity contribution < 1.29 is 24.3 Å². The molecular weight excluding hydrogens is 493 g/mol. The Morgan fingerprint density at radius 2 is 1.77 bits per heavy atom. The highest BCUT2D eigenvalue weighted by molar-refractivity contribution is 6.40. The predicted molar refractivity (Wildman–Crippen MR) is 135 cm³/mol. The van der Waals surface area contributed by atoms with Gasteiger partial charge in [-0.3, -0.25) is 19.8 Å². The summed E-state index contributed by atoms with van der Waals surface area (Å²) in [5.41, 5.74) is 2.47. The van der Waals surface area contributed by atoms with E-state index in [1.165, 1.54) is 12.4 Å². The van der Waals surface area contributed by atoms with E-state index in [2.05, 4.69) is 4.98 Å². The van der Waals surface area contributed by atoms with Gasteiger partial charge in [-0.2, -0.15) is 0 Å². The second kappa shape index (κ2) is 13.5. The fraction of sp³-hybridized carbons (Fsp3) is 0.480. The molecule has 190 valence electrons. The van der Waals surface area contributed by atoms with Gasteiger partial charge in [-0.1, -0.05) is 36.0 Å². The van der Waals surface area contributed by atoms with Crippen molar-refractivity contribution in [3.63, 3.8) is 0 Å². The molecule has 10 heteroatoms. The summed E-state index contributed by atoms with van der Waals surface area (Å²) in [6.07, 6.45) is 10.3. The van der Waals surface area contributed by atoms with Gasteiger partial charge in [0, 0.05) is 37.1 Å². The SMILES string of the molecule is COc1ccc(N(CCCCCCC(=O)NO)C(=O)c2c(Cl)cncc2Cl)cc1OC1CCCC1. The number of amides is 2. The average molecular weight is 524 g/mol. The van der Waals surface area contributed by atoms with Crippen LogP contribution in [0.4, 0.5) is 5.69 Å². The van der Waals surface area contributed by atoms with Crippen molar-refractivity contribution in [3.8, 4) is 11.5 Å². The van der Waals surface area contributed by atoms with Crippen LogP contribution in [0.15, 0.2) is 30.6 Å². The lowest BCUT2D eigenvalue weighted by molar-refractivity contribution is -0.129. The highest BCUT2D eigenvalue weighted by Crippen LogP contribution is 2.36. The summed E-state index contributed by atoms with van der Waals surface area (Å²) in [6.45, 7) is 0.412. The van der Waals surface area contributed by atoms with E-state index in [0.29, 0.717) is 36.6 Å². The summed E-state index contributed by atoms with van der Waals surface area (Å²) in [6, 6.07) is 5.43. The number of hydroxylamine groups is 1. The summed E-state index contributed by atoms with van der Waals surface area (Å²) in [5.74, 6) is 0.461. The van der Waals surface area contributed by atoms with Crippen LogP contribution < -0.4 is 19.9 Å². The first-order chi connectivity index (χ1) is 16.9. The van der Waals surface area contributed by atoms with Crippen LogP contribution >= 0.6 is 23.2 Å². The van der Waals surface area contributed by atoms with E-state index in [-0.39, 0.29) is 34.0 Å². The molecule has 0 saturated heterocycles. The smallest absolute Gasteiger partial charge is 0.261 e. The minimum absolute atomic E-state index is 0.128. The van der Waals surface area contributed by atoms with Gasteiger partial charge in [0.15, 0.2) is 11.5 Å². The maximum atomic E-state index is 13.6. The van der Waals surface area contributed by atoms with Gasteiger partial charge in [-0.25, -0.2) is 5.48 Å². The number of hydrogen-bond acceptors (Lipinski definition) is 6. The average Bonchev–Trinajstić information content (AvgIpc) is 3.36. The molecule has 1 saturated carbocycles. The Balaban J connectivity index is 1.81. The number of nitrogens with zero attached hydrogens (tertiary/aromatic N) is 2. The van der Waals surface area contributed by atoms with E-state index in [9.17, 15) is 9.59 Å². The van der Waals surface area contributed by atoms with Gasteiger partial charge < -0.3 is 14.4 Å². The van der Waals surface area contributed by atoms with Crippen LogP contribution in [0.1, 0.15) is 68.1 Å². The van der Waals surface area contributed by atoms with Crippen LogP contribution in [0.3, 0.4) is 0 Å². The quantitative estimate of drug-likeness (QED) is 0.206. The third kappa shape index (κ3) is 7.46. The van der Waals surface area contributed by atoms with Gasteiger partial charge in [0.2, 0.25) is 5.91 Å². The third-order valence-corrected chi connectivity index (χ3v) is 6.60. The van der Waals surface area contributed by atoms with Crippen molar-refractivity contribution in [1.82, 2.24) is 10.5 Å². The Morgan fingerprint density at radius 1 is 1.09 bits per heavy atom. The van der Waals surface area contributed by atoms with E-state index in [0.717, 1.165) is 38.5 Å². The van der Waals surface area contributed by atoms with Crippen LogP contribution in [0.2, 0.25) is 10.0 Å². The highest BCUT2D eigenvalue weighted by Gasteiger charge is 2.25. The molecule has 1 aromatic heterocycles. The first-order valence-corrected chi connectivity index (χ1v) is 12.6. The first kappa shape index (κ1) is 27.0. The molecule has 1 heterocycles. The fourth-order valence-electron chi connectivity index (χ4n) is 4.17. The summed E-state index contributed by atoms with van der Waals surface area (Å²) >= 11 is 12.6. The van der Waals surface area contributed by atoms with Crippen LogP contribution in [-0.4, -0.2) is 41.8 Å². The number of ether oxygens (including phenoxy) is 2. The second-order valence-electron chi connectivity index (χ2n) is 8.49. The molecule has 0 bridgehead atoms. The Bertz CT molecular complexity index is 994. The number of hydrogen-bond donors (Lipinski definition) is 2. The van der Waals surface area contributed by atoms with Gasteiger partial charge in [0.1, 0.15) is 0 Å². The number of methoxy groups -OCH3 is 1. The number of carbonyl (C=O) groups is 2. The van der Waals surface area contributed by atoms with Crippen molar-refractivity contribution in [1.29, 1.82) is 0 Å². The molecule has 35 heavy (non-hydrogen) atoms. The zero-order chi connectivity index (χ0) is 25.2. The van der Waals surface area contributed by atoms with Crippen molar-refractivity contribution in [3.05, 3.63) is 46.2 Å². The summed E-state index contributed by atoms with van der Waals surface area (Å²) in [7, 11) is 1.59. The van der Waals surface area contributed by atoms with Gasteiger partial charge >= 0.3 is 0 Å². The zero-order valence-corrected chi connectivity index (χ0v) is 21.3. The van der Waals surface area contributed by atoms with Crippen LogP contribution in [0.5, 0.6) is 11.5 Å². The molecule has 2 amide bonds. The molecule has 1 aliphatic rings. The summed E-state index contributed by atoms with van der Waals surface area (Å²) in [5, 5.41) is 8.97. The van der Waals surface area contributed by atoms with Gasteiger partial charge in [-0.05, 0) is 50.7 Å². The van der Waals surface area contributed by atoms with E-state index < -0.39 is 5.91 Å². The molecule has 2 N–H and O–H groups in total. The summed E-state index contributed by atoms with van der Waals surface area (Å²) in [4.78, 5) is 30.4. The molecule has 1 fully saturated rings. The lowest BCUT2D eigenvalue weighted by Gasteiger charge is -2.25. The van der Waals surface area contributed by atoms with E-state index in [1.807, 2.05) is 12.1 Å². The molecule has 8 nitrogen and oxygen atoms in total. The topological polar surface area (TPSA) is 101 Å². The van der Waals surface area contributed by atoms with E-state index in [4.69, 9.17) is 37.9 Å². The molecule has 0 radical (unpaired) electrons. The predicted octanol–water partition coefficient (Wildman–Crippen LogP) is 5.82.